The molecular formula is C24H26F2N2O5. The molecular weight excluding hydrogens is 434 g/mol. The molecule has 9 heteroatoms. The number of nitrogens with one attached hydrogen (secondary N) is 2. The number of carbonyl (C=O) groups is 3. The van der Waals surface area contributed by atoms with Gasteiger partial charge in [0.2, 0.25) is 5.91 Å². The Labute approximate surface area is 190 Å². The third kappa shape index (κ3) is 5.66. The highest BCUT2D eigenvalue weighted by Gasteiger charge is 2.39. The lowest BCUT2D eigenvalue weighted by atomic mass is 9.98. The normalized spacial score (nSPS) is 13.7. The molecule has 33 heavy (non-hydrogen) atoms. The Hall–Kier alpha value is -3.49. The summed E-state index contributed by atoms with van der Waals surface area (Å²) in [4.78, 5) is 35.4. The number of amides is 2. The lowest BCUT2D eigenvalue weighted by molar-refractivity contribution is -0.164. The predicted molar refractivity (Wildman–Crippen MR) is 117 cm³/mol. The molecule has 0 unspecified atom stereocenters. The van der Waals surface area contributed by atoms with Gasteiger partial charge in [-0.05, 0) is 34.6 Å². The number of aliphatic carboxylic acids is 1. The van der Waals surface area contributed by atoms with Crippen molar-refractivity contribution in [3.8, 4) is 11.1 Å². The third-order valence-electron chi connectivity index (χ3n) is 5.46. The van der Waals surface area contributed by atoms with Crippen LogP contribution in [0.1, 0.15) is 37.3 Å². The number of hydrogen-bond acceptors (Lipinski definition) is 4. The van der Waals surface area contributed by atoms with Crippen molar-refractivity contribution in [3.63, 3.8) is 0 Å². The molecule has 1 aliphatic carbocycles. The fourth-order valence-corrected chi connectivity index (χ4v) is 3.88. The summed E-state index contributed by atoms with van der Waals surface area (Å²) in [7, 11) is 0. The smallest absolute Gasteiger partial charge is 0.407 e. The standard InChI is InChI=1S/C24H26F2N2O5/c1-14(2)11-20(21(29)27-13-24(25,26)22(30)31)28-23(32)33-12-19-17-9-5-3-7-15(17)16-8-4-6-10-18(16)19/h3-10,14,19-20H,11-13H2,1-2H3,(H,27,29)(H,28,32)(H,30,31)/t20-/m1/s1. The molecule has 1 aliphatic rings. The maximum atomic E-state index is 13.3. The first kappa shape index (κ1) is 24.2. The van der Waals surface area contributed by atoms with E-state index in [9.17, 15) is 23.2 Å². The van der Waals surface area contributed by atoms with Crippen LogP contribution in [0.15, 0.2) is 48.5 Å². The van der Waals surface area contributed by atoms with Crippen molar-refractivity contribution in [2.24, 2.45) is 5.92 Å². The molecule has 2 aromatic carbocycles. The minimum absolute atomic E-state index is 0.0347. The molecule has 7 nitrogen and oxygen atoms in total. The molecule has 3 rings (SSSR count). The Balaban J connectivity index is 1.64. The van der Waals surface area contributed by atoms with Crippen LogP contribution < -0.4 is 10.6 Å². The summed E-state index contributed by atoms with van der Waals surface area (Å²) in [5.41, 5.74) is 4.19. The van der Waals surface area contributed by atoms with E-state index >= 15 is 0 Å². The highest BCUT2D eigenvalue weighted by Crippen LogP contribution is 2.44. The second-order valence-corrected chi connectivity index (χ2v) is 8.38. The van der Waals surface area contributed by atoms with Crippen molar-refractivity contribution >= 4 is 18.0 Å². The zero-order chi connectivity index (χ0) is 24.2. The molecule has 0 saturated heterocycles. The van der Waals surface area contributed by atoms with Crippen LogP contribution in [-0.2, 0) is 14.3 Å². The Morgan fingerprint density at radius 1 is 1.03 bits per heavy atom. The molecule has 0 fully saturated rings. The summed E-state index contributed by atoms with van der Waals surface area (Å²) in [6.07, 6.45) is -0.697. The number of alkyl carbamates (subject to hydrolysis) is 1. The number of alkyl halides is 2. The molecule has 3 N–H and O–H groups in total. The van der Waals surface area contributed by atoms with Crippen molar-refractivity contribution in [1.29, 1.82) is 0 Å². The molecule has 0 saturated carbocycles. The van der Waals surface area contributed by atoms with Gasteiger partial charge in [-0.2, -0.15) is 8.78 Å². The summed E-state index contributed by atoms with van der Waals surface area (Å²) < 4.78 is 32.0. The molecule has 0 heterocycles. The van der Waals surface area contributed by atoms with E-state index in [1.807, 2.05) is 53.8 Å². The number of benzene rings is 2. The van der Waals surface area contributed by atoms with Gasteiger partial charge in [0.15, 0.2) is 0 Å². The molecule has 0 bridgehead atoms. The number of fused-ring (bicyclic) bond motifs is 3. The summed E-state index contributed by atoms with van der Waals surface area (Å²) in [6, 6.07) is 14.5. The molecule has 2 aromatic rings. The maximum Gasteiger partial charge on any atom is 0.407 e. The van der Waals surface area contributed by atoms with Crippen LogP contribution in [0.25, 0.3) is 11.1 Å². The van der Waals surface area contributed by atoms with Crippen LogP contribution in [-0.4, -0.2) is 48.2 Å². The minimum Gasteiger partial charge on any atom is -0.477 e. The largest absolute Gasteiger partial charge is 0.477 e. The highest BCUT2D eigenvalue weighted by molar-refractivity contribution is 5.86. The van der Waals surface area contributed by atoms with Crippen LogP contribution in [0.4, 0.5) is 13.6 Å². The molecule has 176 valence electrons. The highest BCUT2D eigenvalue weighted by atomic mass is 19.3. The number of ether oxygens (including phenoxy) is 1. The SMILES string of the molecule is CC(C)C[C@@H](NC(=O)OCC1c2ccccc2-c2ccccc21)C(=O)NCC(F)(F)C(=O)O. The van der Waals surface area contributed by atoms with Crippen molar-refractivity contribution in [2.75, 3.05) is 13.2 Å². The van der Waals surface area contributed by atoms with Crippen molar-refractivity contribution in [1.82, 2.24) is 10.6 Å². The van der Waals surface area contributed by atoms with E-state index in [4.69, 9.17) is 9.84 Å². The molecule has 0 radical (unpaired) electrons. The fourth-order valence-electron chi connectivity index (χ4n) is 3.88. The Bertz CT molecular complexity index is 996. The van der Waals surface area contributed by atoms with Gasteiger partial charge in [0.1, 0.15) is 12.6 Å². The fraction of sp³-hybridized carbons (Fsp3) is 0.375. The van der Waals surface area contributed by atoms with E-state index in [-0.39, 0.29) is 24.9 Å². The molecule has 0 aliphatic heterocycles. The first-order chi connectivity index (χ1) is 15.6. The molecule has 1 atom stereocenters. The van der Waals surface area contributed by atoms with Crippen LogP contribution >= 0.6 is 0 Å². The van der Waals surface area contributed by atoms with Gasteiger partial charge in [-0.25, -0.2) is 9.59 Å². The maximum absolute atomic E-state index is 13.3. The number of carboxylic acid groups (broad SMARTS) is 1. The molecule has 0 spiro atoms. The van der Waals surface area contributed by atoms with E-state index in [2.05, 4.69) is 5.32 Å². The summed E-state index contributed by atoms with van der Waals surface area (Å²) in [5.74, 6) is -7.57. The van der Waals surface area contributed by atoms with E-state index in [0.29, 0.717) is 0 Å². The monoisotopic (exact) mass is 460 g/mol. The first-order valence-electron chi connectivity index (χ1n) is 10.6. The van der Waals surface area contributed by atoms with E-state index < -0.39 is 36.5 Å². The zero-order valence-corrected chi connectivity index (χ0v) is 18.3. The van der Waals surface area contributed by atoms with E-state index in [0.717, 1.165) is 22.3 Å². The average molecular weight is 460 g/mol. The van der Waals surface area contributed by atoms with Crippen molar-refractivity contribution in [2.45, 2.75) is 38.2 Å². The number of carbonyl (C=O) groups excluding carboxylic acids is 2. The summed E-state index contributed by atoms with van der Waals surface area (Å²) in [6.45, 7) is 2.26. The summed E-state index contributed by atoms with van der Waals surface area (Å²) in [5, 5.41) is 12.8. The number of halogens is 2. The summed E-state index contributed by atoms with van der Waals surface area (Å²) >= 11 is 0. The van der Waals surface area contributed by atoms with E-state index in [1.54, 1.807) is 13.8 Å². The second-order valence-electron chi connectivity index (χ2n) is 8.38. The second kappa shape index (κ2) is 9.97. The Kier molecular flexibility index (Phi) is 7.30. The lowest BCUT2D eigenvalue weighted by Crippen LogP contribution is -2.51. The van der Waals surface area contributed by atoms with Gasteiger partial charge in [0.05, 0.1) is 6.54 Å². The van der Waals surface area contributed by atoms with Gasteiger partial charge >= 0.3 is 18.0 Å². The first-order valence-corrected chi connectivity index (χ1v) is 10.6. The zero-order valence-electron chi connectivity index (χ0n) is 18.3. The van der Waals surface area contributed by atoms with Gasteiger partial charge in [-0.3, -0.25) is 4.79 Å². The quantitative estimate of drug-likeness (QED) is 0.528. The van der Waals surface area contributed by atoms with Crippen LogP contribution in [0.5, 0.6) is 0 Å². The van der Waals surface area contributed by atoms with Crippen molar-refractivity contribution in [3.05, 3.63) is 59.7 Å². The van der Waals surface area contributed by atoms with Gasteiger partial charge in [0.25, 0.3) is 0 Å². The van der Waals surface area contributed by atoms with Gasteiger partial charge in [0, 0.05) is 5.92 Å². The minimum atomic E-state index is -4.11. The lowest BCUT2D eigenvalue weighted by Gasteiger charge is -2.22. The van der Waals surface area contributed by atoms with Crippen LogP contribution in [0, 0.1) is 5.92 Å². The Morgan fingerprint density at radius 2 is 1.58 bits per heavy atom. The van der Waals surface area contributed by atoms with Crippen molar-refractivity contribution < 1.29 is 33.0 Å². The van der Waals surface area contributed by atoms with Gasteiger partial charge in [-0.1, -0.05) is 62.4 Å². The number of carboxylic acids is 1. The molecule has 2 amide bonds. The topological polar surface area (TPSA) is 105 Å². The Morgan fingerprint density at radius 3 is 2.09 bits per heavy atom. The van der Waals surface area contributed by atoms with Crippen LogP contribution in [0.2, 0.25) is 0 Å². The van der Waals surface area contributed by atoms with E-state index in [1.165, 1.54) is 0 Å². The number of rotatable bonds is 9. The van der Waals surface area contributed by atoms with Gasteiger partial charge in [-0.15, -0.1) is 0 Å². The number of hydrogen-bond donors (Lipinski definition) is 3. The average Bonchev–Trinajstić information content (AvgIpc) is 3.09. The predicted octanol–water partition coefficient (Wildman–Crippen LogP) is 3.78. The van der Waals surface area contributed by atoms with Gasteiger partial charge < -0.3 is 20.5 Å². The third-order valence-corrected chi connectivity index (χ3v) is 5.46. The van der Waals surface area contributed by atoms with Crippen LogP contribution in [0.3, 0.4) is 0 Å². The molecule has 0 aromatic heterocycles.